The SMILES string of the molecule is C.C.C.C.C=C1CC(C)(C)CC(=O)N1c1ccc(C(C)C)cc1.C=C1c2ccccc2C(=O)N1CCCCCCC(C)C.C=c1c2cccc3cccc(c(=O)n1CCCCCC(C)C)c32.CC(C)CC12CC3CC(CC(C3)C1)C2.CC(C)CCCCCCN1C(=O)c2cccc3cccc(c23)C1=O.CCOC(=O)c1ccc(C(C)C)cc1.COCCOCCOCCC(C)C. The number of carbonyl (C=O) groups is 5. The molecule has 724 valence electrons. The zero-order valence-electron chi connectivity index (χ0n) is 81.5. The molecule has 131 heavy (non-hydrogen) atoms. The third-order valence-corrected chi connectivity index (χ3v) is 25.8. The van der Waals surface area contributed by atoms with Crippen molar-refractivity contribution >= 4 is 79.9 Å². The van der Waals surface area contributed by atoms with Gasteiger partial charge in [0.1, 0.15) is 0 Å². The first-order chi connectivity index (χ1) is 60.7. The lowest BCUT2D eigenvalue weighted by molar-refractivity contribution is -0.121. The van der Waals surface area contributed by atoms with E-state index in [1.807, 2.05) is 125 Å². The largest absolute Gasteiger partial charge is 0.462 e. The van der Waals surface area contributed by atoms with Gasteiger partial charge in [0, 0.05) is 106 Å². The van der Waals surface area contributed by atoms with Gasteiger partial charge in [0.05, 0.1) is 38.6 Å². The van der Waals surface area contributed by atoms with Crippen LogP contribution >= 0.6 is 0 Å². The molecule has 4 aliphatic carbocycles. The van der Waals surface area contributed by atoms with Gasteiger partial charge in [-0.2, -0.15) is 0 Å². The lowest BCUT2D eigenvalue weighted by atomic mass is 9.48. The van der Waals surface area contributed by atoms with E-state index in [1.165, 1.54) is 86.7 Å². The van der Waals surface area contributed by atoms with Crippen LogP contribution in [0, 0.1) is 58.2 Å². The second kappa shape index (κ2) is 57.0. The van der Waals surface area contributed by atoms with Crippen LogP contribution in [0.5, 0.6) is 0 Å². The number of carbonyl (C=O) groups excluding carboxylic acids is 5. The minimum atomic E-state index is -0.247. The highest BCUT2D eigenvalue weighted by atomic mass is 16.5. The summed E-state index contributed by atoms with van der Waals surface area (Å²) in [6.07, 6.45) is 30.1. The Balaban J connectivity index is 0.000000322. The standard InChI is InChI=1S/C21H25NO2.C21H25NO.C18H25NO.C17H23NO.C14H24.C12H16O2.C10H22O3.4CH4/c1-15(2)9-5-3-4-6-14-22-20(23)17-12-7-10-16-11-8-13-18(19(16)17)21(22)24;1-15(2)9-5-4-6-14-22-16(3)18-12-7-10-17-11-8-13-19(20(17)18)21(22)23;1-14(2)10-6-4-5-9-13-19-15(3)16-11-7-8-12-17(16)18(19)20;1-12(2)14-6-8-15(9-7-14)18-13(3)10-17(4,5)11-16(18)19;1-10(2)6-14-7-11-3-12(8-14)5-13(4-11)9-14;1-4-14-12(13)11-7-5-10(6-8-11)9(2)3;1-10(2)4-5-12-8-9-13-7-6-11-3;;;;/h7-8,10-13,15H,3-6,9,14H2,1-2H3;7-8,10-13,15H,3-6,9,14H2,1-2H3;7-8,11-12,14H,3-6,9-10,13H2,1-2H3;6-9,12H,3,10-11H2,1-2,4-5H3;10-13H,3-9H2,1-2H3;5-9H,4H2,1-3H3;10H,4-9H2,1-3H3;4*1H4. The van der Waals surface area contributed by atoms with Crippen molar-refractivity contribution in [2.75, 3.05) is 64.7 Å². The topological polar surface area (TPSA) is 154 Å². The number of aromatic nitrogens is 1. The van der Waals surface area contributed by atoms with Crippen molar-refractivity contribution in [3.05, 3.63) is 219 Å². The van der Waals surface area contributed by atoms with Gasteiger partial charge in [-0.05, 0) is 224 Å². The number of pyridine rings is 1. The van der Waals surface area contributed by atoms with E-state index in [9.17, 15) is 28.8 Å². The highest BCUT2D eigenvalue weighted by molar-refractivity contribution is 6.25. The molecule has 0 atom stereocenters. The van der Waals surface area contributed by atoms with Crippen LogP contribution in [0.2, 0.25) is 0 Å². The quantitative estimate of drug-likeness (QED) is 0.0211. The number of imide groups is 1. The summed E-state index contributed by atoms with van der Waals surface area (Å²) in [6, 6.07) is 47.1. The maximum atomic E-state index is 12.9. The predicted octanol–water partition coefficient (Wildman–Crippen LogP) is 30.2. The van der Waals surface area contributed by atoms with Crippen LogP contribution in [0.25, 0.3) is 44.6 Å². The van der Waals surface area contributed by atoms with E-state index in [2.05, 4.69) is 161 Å². The normalized spacial score (nSPS) is 17.2. The third kappa shape index (κ3) is 34.6. The Kier molecular flexibility index (Phi) is 49.8. The number of hydrogen-bond acceptors (Lipinski definition) is 10. The van der Waals surface area contributed by atoms with Crippen LogP contribution in [0.4, 0.5) is 5.69 Å². The molecule has 3 aliphatic heterocycles. The number of unbranched alkanes of at least 4 members (excludes halogenated alkanes) is 8. The Bertz CT molecular complexity index is 4700. The summed E-state index contributed by atoms with van der Waals surface area (Å²) < 4.78 is 22.2. The lowest BCUT2D eigenvalue weighted by Gasteiger charge is -2.57. The molecule has 8 aromatic rings. The molecular formula is C117H176N4O10. The summed E-state index contributed by atoms with van der Waals surface area (Å²) >= 11 is 0. The molecule has 0 radical (unpaired) electrons. The number of allylic oxidation sites excluding steroid dienone is 1. The molecule has 1 saturated heterocycles. The second-order valence-electron chi connectivity index (χ2n) is 40.4. The molecule has 4 saturated carbocycles. The van der Waals surface area contributed by atoms with Gasteiger partial charge in [0.15, 0.2) is 0 Å². The summed E-state index contributed by atoms with van der Waals surface area (Å²) in [5.74, 6) is 8.08. The minimum Gasteiger partial charge on any atom is -0.462 e. The minimum absolute atomic E-state index is 0. The summed E-state index contributed by atoms with van der Waals surface area (Å²) in [6.45, 7) is 55.7. The van der Waals surface area contributed by atoms with Crippen LogP contribution in [-0.4, -0.2) is 104 Å². The van der Waals surface area contributed by atoms with E-state index in [-0.39, 0.29) is 70.3 Å². The molecule has 1 aromatic heterocycles. The molecule has 4 heterocycles. The Labute approximate surface area is 794 Å². The van der Waals surface area contributed by atoms with Crippen molar-refractivity contribution in [2.45, 2.75) is 320 Å². The Morgan fingerprint density at radius 2 is 0.855 bits per heavy atom. The first kappa shape index (κ1) is 114. The Morgan fingerprint density at radius 3 is 1.32 bits per heavy atom. The molecule has 7 aliphatic rings. The fraction of sp³-hybridized carbons (Fsp3) is 0.573. The molecule has 14 heteroatoms. The first-order valence-electron chi connectivity index (χ1n) is 48.7. The van der Waals surface area contributed by atoms with Crippen LogP contribution in [-0.2, 0) is 30.3 Å². The average Bonchev–Trinajstić information content (AvgIpc) is 1.44. The number of methoxy groups -OCH3 is 1. The number of rotatable bonds is 36. The zero-order chi connectivity index (χ0) is 92.5. The molecule has 14 nitrogen and oxygen atoms in total. The van der Waals surface area contributed by atoms with Gasteiger partial charge < -0.3 is 28.4 Å². The average molecular weight is 1800 g/mol. The number of esters is 1. The van der Waals surface area contributed by atoms with Crippen molar-refractivity contribution < 1.29 is 42.9 Å². The van der Waals surface area contributed by atoms with Gasteiger partial charge in [-0.15, -0.1) is 0 Å². The zero-order valence-corrected chi connectivity index (χ0v) is 81.5. The number of hydrogen-bond donors (Lipinski definition) is 0. The summed E-state index contributed by atoms with van der Waals surface area (Å²) in [5, 5.41) is 6.70. The molecular weight excluding hydrogens is 1620 g/mol. The number of benzene rings is 7. The van der Waals surface area contributed by atoms with E-state index < -0.39 is 0 Å². The number of nitrogens with zero attached hydrogens (tertiary/aromatic N) is 4. The maximum Gasteiger partial charge on any atom is 0.338 e. The number of fused-ring (bicyclic) bond motifs is 1. The molecule has 5 fully saturated rings. The fourth-order valence-electron chi connectivity index (χ4n) is 19.7. The van der Waals surface area contributed by atoms with Crippen LogP contribution in [0.1, 0.15) is 371 Å². The molecule has 15 rings (SSSR count). The van der Waals surface area contributed by atoms with E-state index in [4.69, 9.17) is 18.9 Å². The van der Waals surface area contributed by atoms with E-state index in [0.717, 1.165) is 177 Å². The van der Waals surface area contributed by atoms with Crippen molar-refractivity contribution in [3.8, 4) is 0 Å². The van der Waals surface area contributed by atoms with Gasteiger partial charge in [0.2, 0.25) is 5.91 Å². The number of amides is 4. The Hall–Kier alpha value is -8.82. The van der Waals surface area contributed by atoms with Crippen LogP contribution in [0.15, 0.2) is 169 Å². The van der Waals surface area contributed by atoms with Gasteiger partial charge in [-0.1, -0.05) is 328 Å². The highest BCUT2D eigenvalue weighted by Gasteiger charge is 2.51. The van der Waals surface area contributed by atoms with Crippen LogP contribution < -0.4 is 15.8 Å². The van der Waals surface area contributed by atoms with Gasteiger partial charge in [0.25, 0.3) is 23.3 Å². The van der Waals surface area contributed by atoms with Gasteiger partial charge in [-0.25, -0.2) is 4.79 Å². The van der Waals surface area contributed by atoms with Crippen molar-refractivity contribution in [1.82, 2.24) is 14.4 Å². The number of piperidine rings is 1. The van der Waals surface area contributed by atoms with E-state index in [0.29, 0.717) is 74.5 Å². The van der Waals surface area contributed by atoms with Crippen molar-refractivity contribution in [2.24, 2.45) is 58.2 Å². The second-order valence-corrected chi connectivity index (χ2v) is 40.4. The van der Waals surface area contributed by atoms with Crippen molar-refractivity contribution in [1.29, 1.82) is 0 Å². The molecule has 7 aromatic carbocycles. The molecule has 0 spiro atoms. The first-order valence-corrected chi connectivity index (χ1v) is 48.7. The monoisotopic (exact) mass is 1800 g/mol. The summed E-state index contributed by atoms with van der Waals surface area (Å²) in [7, 11) is 1.67. The maximum absolute atomic E-state index is 12.9. The highest BCUT2D eigenvalue weighted by Crippen LogP contribution is 2.62. The number of anilines is 1. The lowest BCUT2D eigenvalue weighted by Crippen LogP contribution is -2.46. The van der Waals surface area contributed by atoms with Gasteiger partial charge >= 0.3 is 5.97 Å². The van der Waals surface area contributed by atoms with Crippen LogP contribution in [0.3, 0.4) is 0 Å². The molecule has 0 N–H and O–H groups in total. The Morgan fingerprint density at radius 1 is 0.435 bits per heavy atom. The number of ether oxygens (including phenoxy) is 4. The third-order valence-electron chi connectivity index (χ3n) is 25.8. The molecule has 0 unspecified atom stereocenters. The fourth-order valence-corrected chi connectivity index (χ4v) is 19.7. The summed E-state index contributed by atoms with van der Waals surface area (Å²) in [4.78, 5) is 79.2. The molecule has 4 amide bonds. The van der Waals surface area contributed by atoms with Crippen molar-refractivity contribution in [3.63, 3.8) is 0 Å². The summed E-state index contributed by atoms with van der Waals surface area (Å²) in [5.41, 5.74) is 9.92. The van der Waals surface area contributed by atoms with Gasteiger partial charge in [-0.3, -0.25) is 33.8 Å². The van der Waals surface area contributed by atoms with E-state index in [1.54, 1.807) is 57.5 Å². The smallest absolute Gasteiger partial charge is 0.338 e. The predicted molar refractivity (Wildman–Crippen MR) is 558 cm³/mol. The van der Waals surface area contributed by atoms with E-state index >= 15 is 0 Å². The molecule has 4 bridgehead atoms.